The molecule has 1 amide bonds. The van der Waals surface area contributed by atoms with Gasteiger partial charge in [-0.15, -0.1) is 0 Å². The molecule has 1 saturated heterocycles. The summed E-state index contributed by atoms with van der Waals surface area (Å²) < 4.78 is 7.43. The molecule has 0 unspecified atom stereocenters. The van der Waals surface area contributed by atoms with E-state index in [0.717, 1.165) is 35.1 Å². The molecule has 2 aromatic heterocycles. The lowest BCUT2D eigenvalue weighted by atomic mass is 10.2. The summed E-state index contributed by atoms with van der Waals surface area (Å²) in [5.74, 6) is 1.40. The number of thioether (sulfide) groups is 1. The minimum Gasteiger partial charge on any atom is -0.493 e. The van der Waals surface area contributed by atoms with Gasteiger partial charge in [-0.25, -0.2) is 14.6 Å². The van der Waals surface area contributed by atoms with Gasteiger partial charge in [0.15, 0.2) is 10.8 Å². The fraction of sp³-hybridized carbons (Fsp3) is 0.478. The second-order valence-corrected chi connectivity index (χ2v) is 9.52. The molecule has 9 heteroatoms. The minimum atomic E-state index is -0.158. The summed E-state index contributed by atoms with van der Waals surface area (Å²) in [5.41, 5.74) is 1.35. The van der Waals surface area contributed by atoms with Gasteiger partial charge in [0.2, 0.25) is 0 Å². The predicted octanol–water partition coefficient (Wildman–Crippen LogP) is 3.76. The van der Waals surface area contributed by atoms with Crippen molar-refractivity contribution < 1.29 is 9.53 Å². The summed E-state index contributed by atoms with van der Waals surface area (Å²) in [5, 5.41) is 9.67. The number of ether oxygens (including phenoxy) is 1. The molecule has 1 aromatic carbocycles. The summed E-state index contributed by atoms with van der Waals surface area (Å²) in [7, 11) is 0. The Morgan fingerprint density at radius 2 is 2.00 bits per heavy atom. The van der Waals surface area contributed by atoms with Crippen LogP contribution in [0.25, 0.3) is 11.0 Å². The lowest BCUT2D eigenvalue weighted by Gasteiger charge is -2.18. The van der Waals surface area contributed by atoms with E-state index in [1.165, 1.54) is 12.8 Å². The van der Waals surface area contributed by atoms with Gasteiger partial charge in [-0.2, -0.15) is 5.10 Å². The number of nitrogens with zero attached hydrogens (tertiary/aromatic N) is 5. The summed E-state index contributed by atoms with van der Waals surface area (Å²) in [6, 6.07) is 7.28. The zero-order valence-corrected chi connectivity index (χ0v) is 19.7. The quantitative estimate of drug-likeness (QED) is 0.389. The van der Waals surface area contributed by atoms with Gasteiger partial charge in [-0.1, -0.05) is 37.7 Å². The Hall–Kier alpha value is -2.81. The molecule has 1 N–H and O–H groups in total. The normalized spacial score (nSPS) is 13.8. The molecule has 0 radical (unpaired) electrons. The van der Waals surface area contributed by atoms with Gasteiger partial charge in [0.1, 0.15) is 11.6 Å². The van der Waals surface area contributed by atoms with Gasteiger partial charge in [-0.05, 0) is 31.9 Å². The standard InChI is InChI=1S/C23H30N6O2S/c1-4-31-19-10-6-5-9-17(19)22(30)24-11-14-29-21-18(15-25-29)20(28-12-7-8-13-28)26-23(27-21)32-16(2)3/h5-6,9-10,15-16H,4,7-8,11-14H2,1-3H3,(H,24,30). The van der Waals surface area contributed by atoms with Crippen molar-refractivity contribution in [3.05, 3.63) is 36.0 Å². The molecule has 0 aliphatic carbocycles. The molecule has 1 aliphatic heterocycles. The Kier molecular flexibility index (Phi) is 7.14. The Balaban J connectivity index is 1.52. The van der Waals surface area contributed by atoms with Gasteiger partial charge >= 0.3 is 0 Å². The number of rotatable bonds is 9. The second-order valence-electron chi connectivity index (χ2n) is 7.98. The maximum Gasteiger partial charge on any atom is 0.255 e. The molecular weight excluding hydrogens is 424 g/mol. The number of carbonyl (C=O) groups excluding carboxylic acids is 1. The summed E-state index contributed by atoms with van der Waals surface area (Å²) in [4.78, 5) is 24.7. The third kappa shape index (κ3) is 4.98. The van der Waals surface area contributed by atoms with E-state index in [9.17, 15) is 4.79 Å². The number of para-hydroxylation sites is 1. The zero-order valence-electron chi connectivity index (χ0n) is 18.9. The average Bonchev–Trinajstić information content (AvgIpc) is 3.44. The summed E-state index contributed by atoms with van der Waals surface area (Å²) in [6.45, 7) is 9.68. The van der Waals surface area contributed by atoms with Crippen LogP contribution in [0.15, 0.2) is 35.6 Å². The number of anilines is 1. The number of nitrogens with one attached hydrogen (secondary N) is 1. The van der Waals surface area contributed by atoms with Crippen LogP contribution in [0.5, 0.6) is 5.75 Å². The molecule has 0 saturated carbocycles. The van der Waals surface area contributed by atoms with Crippen molar-refractivity contribution >= 4 is 34.5 Å². The maximum absolute atomic E-state index is 12.7. The van der Waals surface area contributed by atoms with E-state index < -0.39 is 0 Å². The SMILES string of the molecule is CCOc1ccccc1C(=O)NCCn1ncc2c(N3CCCC3)nc(SC(C)C)nc21. The van der Waals surface area contributed by atoms with E-state index in [0.29, 0.717) is 36.3 Å². The average molecular weight is 455 g/mol. The number of hydrogen-bond acceptors (Lipinski definition) is 7. The van der Waals surface area contributed by atoms with Crippen LogP contribution in [0.1, 0.15) is 44.0 Å². The van der Waals surface area contributed by atoms with Crippen LogP contribution in [0, 0.1) is 0 Å². The topological polar surface area (TPSA) is 85.2 Å². The first-order chi connectivity index (χ1) is 15.6. The Morgan fingerprint density at radius 1 is 1.22 bits per heavy atom. The molecule has 8 nitrogen and oxygen atoms in total. The largest absolute Gasteiger partial charge is 0.493 e. The van der Waals surface area contributed by atoms with E-state index in [1.54, 1.807) is 17.8 Å². The lowest BCUT2D eigenvalue weighted by Crippen LogP contribution is -2.28. The van der Waals surface area contributed by atoms with Crippen molar-refractivity contribution in [3.8, 4) is 5.75 Å². The fourth-order valence-corrected chi connectivity index (χ4v) is 4.52. The Labute approximate surface area is 192 Å². The third-order valence-electron chi connectivity index (χ3n) is 5.24. The second kappa shape index (κ2) is 10.2. The van der Waals surface area contributed by atoms with Gasteiger partial charge in [0.25, 0.3) is 5.91 Å². The fourth-order valence-electron chi connectivity index (χ4n) is 3.82. The van der Waals surface area contributed by atoms with Crippen LogP contribution in [-0.4, -0.2) is 57.1 Å². The van der Waals surface area contributed by atoms with Crippen molar-refractivity contribution in [1.29, 1.82) is 0 Å². The minimum absolute atomic E-state index is 0.158. The Bertz CT molecular complexity index is 1080. The predicted molar refractivity (Wildman–Crippen MR) is 128 cm³/mol. The molecular formula is C23H30N6O2S. The van der Waals surface area contributed by atoms with Gasteiger partial charge in [-0.3, -0.25) is 4.79 Å². The third-order valence-corrected chi connectivity index (χ3v) is 6.11. The van der Waals surface area contributed by atoms with Crippen molar-refractivity contribution in [2.24, 2.45) is 0 Å². The van der Waals surface area contributed by atoms with Crippen LogP contribution in [-0.2, 0) is 6.54 Å². The number of fused-ring (bicyclic) bond motifs is 1. The first-order valence-corrected chi connectivity index (χ1v) is 12.1. The number of amides is 1. The summed E-state index contributed by atoms with van der Waals surface area (Å²) in [6.07, 6.45) is 4.21. The highest BCUT2D eigenvalue weighted by Gasteiger charge is 2.21. The summed E-state index contributed by atoms with van der Waals surface area (Å²) >= 11 is 1.66. The molecule has 32 heavy (non-hydrogen) atoms. The molecule has 3 heterocycles. The van der Waals surface area contributed by atoms with Crippen LogP contribution in [0.2, 0.25) is 0 Å². The highest BCUT2D eigenvalue weighted by molar-refractivity contribution is 7.99. The lowest BCUT2D eigenvalue weighted by molar-refractivity contribution is 0.0948. The highest BCUT2D eigenvalue weighted by Crippen LogP contribution is 2.30. The Morgan fingerprint density at radius 3 is 2.75 bits per heavy atom. The molecule has 1 aliphatic rings. The van der Waals surface area contributed by atoms with Crippen LogP contribution in [0.3, 0.4) is 0 Å². The van der Waals surface area contributed by atoms with Crippen LogP contribution in [0.4, 0.5) is 5.82 Å². The van der Waals surface area contributed by atoms with Crippen molar-refractivity contribution in [2.75, 3.05) is 31.1 Å². The van der Waals surface area contributed by atoms with E-state index in [-0.39, 0.29) is 5.91 Å². The molecule has 4 rings (SSSR count). The number of hydrogen-bond donors (Lipinski definition) is 1. The van der Waals surface area contributed by atoms with Crippen LogP contribution >= 0.6 is 11.8 Å². The van der Waals surface area contributed by atoms with E-state index in [4.69, 9.17) is 14.7 Å². The smallest absolute Gasteiger partial charge is 0.255 e. The van der Waals surface area contributed by atoms with Crippen LogP contribution < -0.4 is 15.0 Å². The molecule has 3 aromatic rings. The first-order valence-electron chi connectivity index (χ1n) is 11.2. The maximum atomic E-state index is 12.7. The van der Waals surface area contributed by atoms with Crippen molar-refractivity contribution in [3.63, 3.8) is 0 Å². The van der Waals surface area contributed by atoms with Crippen molar-refractivity contribution in [1.82, 2.24) is 25.1 Å². The van der Waals surface area contributed by atoms with Gasteiger partial charge < -0.3 is 15.0 Å². The van der Waals surface area contributed by atoms with E-state index in [2.05, 4.69) is 29.2 Å². The number of carbonyl (C=O) groups is 1. The molecule has 170 valence electrons. The number of aromatic nitrogens is 4. The monoisotopic (exact) mass is 454 g/mol. The van der Waals surface area contributed by atoms with Crippen molar-refractivity contribution in [2.45, 2.75) is 50.6 Å². The molecule has 0 spiro atoms. The highest BCUT2D eigenvalue weighted by atomic mass is 32.2. The molecule has 1 fully saturated rings. The van der Waals surface area contributed by atoms with E-state index in [1.807, 2.05) is 36.0 Å². The molecule has 0 bridgehead atoms. The van der Waals surface area contributed by atoms with Gasteiger partial charge in [0.05, 0.1) is 30.3 Å². The van der Waals surface area contributed by atoms with E-state index >= 15 is 0 Å². The van der Waals surface area contributed by atoms with Gasteiger partial charge in [0, 0.05) is 24.9 Å². The zero-order chi connectivity index (χ0) is 22.5. The number of benzene rings is 1. The molecule has 0 atom stereocenters. The first kappa shape index (κ1) is 22.4.